The Morgan fingerprint density at radius 2 is 1.91 bits per heavy atom. The maximum atomic E-state index is 12.0. The van der Waals surface area contributed by atoms with E-state index >= 15 is 0 Å². The van der Waals surface area contributed by atoms with Gasteiger partial charge in [-0.25, -0.2) is 4.79 Å². The van der Waals surface area contributed by atoms with Gasteiger partial charge in [0.15, 0.2) is 0 Å². The Balaban J connectivity index is 1.72. The molecule has 1 aromatic rings. The summed E-state index contributed by atoms with van der Waals surface area (Å²) in [5.74, 6) is 0.295. The van der Waals surface area contributed by atoms with Crippen LogP contribution in [0.1, 0.15) is 66.8 Å². The summed E-state index contributed by atoms with van der Waals surface area (Å²) in [7, 11) is 1.71. The summed E-state index contributed by atoms with van der Waals surface area (Å²) >= 11 is 6.29. The van der Waals surface area contributed by atoms with E-state index < -0.39 is 0 Å². The minimum absolute atomic E-state index is 0.279. The first-order valence-corrected chi connectivity index (χ1v) is 8.55. The van der Waals surface area contributed by atoms with Crippen LogP contribution in [0.5, 0.6) is 0 Å². The molecule has 0 bridgehead atoms. The van der Waals surface area contributed by atoms with Gasteiger partial charge in [0, 0.05) is 18.7 Å². The Kier molecular flexibility index (Phi) is 7.20. The van der Waals surface area contributed by atoms with Crippen molar-refractivity contribution >= 4 is 17.6 Å². The first kappa shape index (κ1) is 17.3. The Hall–Kier alpha value is -1.06. The third kappa shape index (κ3) is 4.99. The smallest absolute Gasteiger partial charge is 0.338 e. The summed E-state index contributed by atoms with van der Waals surface area (Å²) in [4.78, 5) is 12.0. The Morgan fingerprint density at radius 3 is 2.50 bits per heavy atom. The van der Waals surface area contributed by atoms with E-state index in [1.807, 2.05) is 12.1 Å². The molecule has 0 atom stereocenters. The molecule has 1 aliphatic rings. The van der Waals surface area contributed by atoms with Crippen LogP contribution < -0.4 is 0 Å². The molecule has 0 unspecified atom stereocenters. The quantitative estimate of drug-likeness (QED) is 0.475. The van der Waals surface area contributed by atoms with Crippen LogP contribution in [0.15, 0.2) is 18.2 Å². The number of carbonyl (C=O) groups is 1. The molecule has 1 aromatic carbocycles. The van der Waals surface area contributed by atoms with Gasteiger partial charge in [0.2, 0.25) is 0 Å². The highest BCUT2D eigenvalue weighted by atomic mass is 35.5. The van der Waals surface area contributed by atoms with Gasteiger partial charge >= 0.3 is 5.97 Å². The third-order valence-corrected chi connectivity index (χ3v) is 4.58. The monoisotopic (exact) mass is 324 g/mol. The molecule has 0 aliphatic heterocycles. The average Bonchev–Trinajstić information content (AvgIpc) is 2.46. The van der Waals surface area contributed by atoms with E-state index in [0.717, 1.165) is 32.3 Å². The van der Waals surface area contributed by atoms with E-state index in [-0.39, 0.29) is 5.97 Å². The zero-order valence-corrected chi connectivity index (χ0v) is 14.0. The van der Waals surface area contributed by atoms with Crippen molar-refractivity contribution in [3.8, 4) is 0 Å². The molecule has 122 valence electrons. The molecular weight excluding hydrogens is 300 g/mol. The molecule has 0 aromatic heterocycles. The normalized spacial score (nSPS) is 14.6. The van der Waals surface area contributed by atoms with E-state index in [9.17, 15) is 4.79 Å². The predicted octanol–water partition coefficient (Wildman–Crippen LogP) is 4.97. The molecule has 1 fully saturated rings. The first-order chi connectivity index (χ1) is 10.7. The van der Waals surface area contributed by atoms with Gasteiger partial charge in [0.25, 0.3) is 0 Å². The van der Waals surface area contributed by atoms with Gasteiger partial charge in [-0.2, -0.15) is 0 Å². The molecule has 0 N–H and O–H groups in total. The van der Waals surface area contributed by atoms with Crippen LogP contribution in [0, 0.1) is 0 Å². The molecule has 4 heteroatoms. The average molecular weight is 325 g/mol. The van der Waals surface area contributed by atoms with Crippen LogP contribution in [0.25, 0.3) is 0 Å². The van der Waals surface area contributed by atoms with Crippen molar-refractivity contribution in [2.75, 3.05) is 20.3 Å². The molecular formula is C18H25ClO3. The minimum atomic E-state index is -0.279. The molecule has 1 saturated carbocycles. The fourth-order valence-corrected chi connectivity index (χ4v) is 2.99. The number of hydrogen-bond donors (Lipinski definition) is 0. The van der Waals surface area contributed by atoms with Crippen LogP contribution in [-0.2, 0) is 9.47 Å². The molecule has 3 nitrogen and oxygen atoms in total. The van der Waals surface area contributed by atoms with Crippen LogP contribution in [0.3, 0.4) is 0 Å². The number of esters is 1. The second-order valence-electron chi connectivity index (χ2n) is 5.91. The van der Waals surface area contributed by atoms with Gasteiger partial charge in [-0.3, -0.25) is 0 Å². The first-order valence-electron chi connectivity index (χ1n) is 8.18. The highest BCUT2D eigenvalue weighted by molar-refractivity contribution is 6.31. The summed E-state index contributed by atoms with van der Waals surface area (Å²) in [6.45, 7) is 1.26. The molecule has 0 amide bonds. The summed E-state index contributed by atoms with van der Waals surface area (Å²) in [5, 5.41) is 0.693. The minimum Gasteiger partial charge on any atom is -0.462 e. The molecule has 1 aliphatic carbocycles. The molecule has 0 radical (unpaired) electrons. The predicted molar refractivity (Wildman–Crippen MR) is 88.7 cm³/mol. The second-order valence-corrected chi connectivity index (χ2v) is 6.31. The molecule has 2 rings (SSSR count). The van der Waals surface area contributed by atoms with Crippen molar-refractivity contribution in [3.63, 3.8) is 0 Å². The van der Waals surface area contributed by atoms with Crippen LogP contribution in [0.4, 0.5) is 0 Å². The lowest BCUT2D eigenvalue weighted by Crippen LogP contribution is -2.11. The van der Waals surface area contributed by atoms with Crippen molar-refractivity contribution in [1.29, 1.82) is 0 Å². The van der Waals surface area contributed by atoms with Gasteiger partial charge in [0.1, 0.15) is 0 Å². The Morgan fingerprint density at radius 1 is 1.18 bits per heavy atom. The number of benzene rings is 1. The maximum Gasteiger partial charge on any atom is 0.338 e. The number of unbranched alkanes of at least 4 members (excludes halogenated alkanes) is 3. The lowest BCUT2D eigenvalue weighted by molar-refractivity contribution is 0.0497. The van der Waals surface area contributed by atoms with E-state index in [1.165, 1.54) is 24.8 Å². The lowest BCUT2D eigenvalue weighted by atomic mass is 9.80. The van der Waals surface area contributed by atoms with Crippen LogP contribution >= 0.6 is 11.6 Å². The standard InChI is InChI=1S/C18H25ClO3/c1-21-11-4-2-3-5-12-22-18(20)15-9-10-16(17(19)13-15)14-7-6-8-14/h9-10,13-14H,2-8,11-12H2,1H3. The van der Waals surface area contributed by atoms with Gasteiger partial charge in [0.05, 0.1) is 12.2 Å². The SMILES string of the molecule is COCCCCCCOC(=O)c1ccc(C2CCC2)c(Cl)c1. The molecule has 22 heavy (non-hydrogen) atoms. The van der Waals surface area contributed by atoms with Crippen LogP contribution in [-0.4, -0.2) is 26.3 Å². The van der Waals surface area contributed by atoms with Crippen molar-refractivity contribution < 1.29 is 14.3 Å². The lowest BCUT2D eigenvalue weighted by Gasteiger charge is -2.26. The van der Waals surface area contributed by atoms with Gasteiger partial charge in [-0.1, -0.05) is 30.5 Å². The van der Waals surface area contributed by atoms with Crippen LogP contribution in [0.2, 0.25) is 5.02 Å². The van der Waals surface area contributed by atoms with E-state index in [2.05, 4.69) is 0 Å². The van der Waals surface area contributed by atoms with Crippen molar-refractivity contribution in [2.24, 2.45) is 0 Å². The van der Waals surface area contributed by atoms with E-state index in [1.54, 1.807) is 13.2 Å². The topological polar surface area (TPSA) is 35.5 Å². The number of carbonyl (C=O) groups excluding carboxylic acids is 1. The fourth-order valence-electron chi connectivity index (χ4n) is 2.65. The highest BCUT2D eigenvalue weighted by Gasteiger charge is 2.22. The summed E-state index contributed by atoms with van der Waals surface area (Å²) in [6.07, 6.45) is 7.78. The zero-order valence-electron chi connectivity index (χ0n) is 13.3. The van der Waals surface area contributed by atoms with Crippen molar-refractivity contribution in [1.82, 2.24) is 0 Å². The summed E-state index contributed by atoms with van der Waals surface area (Å²) in [5.41, 5.74) is 1.72. The largest absolute Gasteiger partial charge is 0.462 e. The Bertz CT molecular complexity index is 483. The number of ether oxygens (including phenoxy) is 2. The van der Waals surface area contributed by atoms with Crippen molar-refractivity contribution in [3.05, 3.63) is 34.3 Å². The van der Waals surface area contributed by atoms with Gasteiger partial charge in [-0.15, -0.1) is 0 Å². The fraction of sp³-hybridized carbons (Fsp3) is 0.611. The number of methoxy groups -OCH3 is 1. The molecule has 0 heterocycles. The molecule has 0 saturated heterocycles. The third-order valence-electron chi connectivity index (χ3n) is 4.26. The number of rotatable bonds is 9. The highest BCUT2D eigenvalue weighted by Crippen LogP contribution is 2.39. The number of halogens is 1. The Labute approximate surface area is 137 Å². The zero-order chi connectivity index (χ0) is 15.8. The van der Waals surface area contributed by atoms with E-state index in [4.69, 9.17) is 21.1 Å². The molecule has 0 spiro atoms. The van der Waals surface area contributed by atoms with Crippen molar-refractivity contribution in [2.45, 2.75) is 50.9 Å². The summed E-state index contributed by atoms with van der Waals surface area (Å²) < 4.78 is 10.3. The van der Waals surface area contributed by atoms with E-state index in [0.29, 0.717) is 23.1 Å². The number of hydrogen-bond acceptors (Lipinski definition) is 3. The summed E-state index contributed by atoms with van der Waals surface area (Å²) in [6, 6.07) is 5.56. The van der Waals surface area contributed by atoms with Gasteiger partial charge < -0.3 is 9.47 Å². The maximum absolute atomic E-state index is 12.0. The van der Waals surface area contributed by atoms with Gasteiger partial charge in [-0.05, 0) is 55.7 Å². The second kappa shape index (κ2) is 9.16.